The van der Waals surface area contributed by atoms with E-state index in [4.69, 9.17) is 10.9 Å². The van der Waals surface area contributed by atoms with E-state index in [1.807, 2.05) is 18.2 Å². The standard InChI is InChI=1S/C16H24N4O/c17-16(18-21)14-6-2-3-7-15(14)20-11-8-13(12-20)19-9-4-1-5-10-19/h2-3,6-7,13,21H,1,4-5,8-12H2,(H2,17,18). The number of amidine groups is 1. The van der Waals surface area contributed by atoms with E-state index in [9.17, 15) is 0 Å². The molecule has 0 aromatic heterocycles. The lowest BCUT2D eigenvalue weighted by atomic mass is 10.1. The zero-order chi connectivity index (χ0) is 14.7. The lowest BCUT2D eigenvalue weighted by molar-refractivity contribution is 0.175. The van der Waals surface area contributed by atoms with Crippen molar-refractivity contribution in [2.45, 2.75) is 31.7 Å². The van der Waals surface area contributed by atoms with Crippen LogP contribution in [0.2, 0.25) is 0 Å². The number of hydrogen-bond acceptors (Lipinski definition) is 4. The summed E-state index contributed by atoms with van der Waals surface area (Å²) in [4.78, 5) is 5.00. The summed E-state index contributed by atoms with van der Waals surface area (Å²) in [6.07, 6.45) is 5.23. The van der Waals surface area contributed by atoms with Crippen LogP contribution in [0, 0.1) is 0 Å². The van der Waals surface area contributed by atoms with E-state index in [1.165, 1.54) is 38.8 Å². The van der Waals surface area contributed by atoms with E-state index in [2.05, 4.69) is 21.0 Å². The smallest absolute Gasteiger partial charge is 0.172 e. The van der Waals surface area contributed by atoms with Gasteiger partial charge in [0.25, 0.3) is 0 Å². The topological polar surface area (TPSA) is 65.1 Å². The van der Waals surface area contributed by atoms with Crippen LogP contribution in [0.3, 0.4) is 0 Å². The van der Waals surface area contributed by atoms with Gasteiger partial charge in [-0.1, -0.05) is 23.7 Å². The molecule has 1 aromatic carbocycles. The van der Waals surface area contributed by atoms with Gasteiger partial charge in [0.1, 0.15) is 0 Å². The van der Waals surface area contributed by atoms with Crippen LogP contribution in [0.1, 0.15) is 31.2 Å². The van der Waals surface area contributed by atoms with Gasteiger partial charge in [0.15, 0.2) is 5.84 Å². The Hall–Kier alpha value is -1.75. The average Bonchev–Trinajstić information content (AvgIpc) is 3.05. The second-order valence-corrected chi connectivity index (χ2v) is 5.99. The first kappa shape index (κ1) is 14.2. The van der Waals surface area contributed by atoms with Crippen LogP contribution in [0.15, 0.2) is 29.4 Å². The van der Waals surface area contributed by atoms with E-state index in [-0.39, 0.29) is 5.84 Å². The third-order valence-corrected chi connectivity index (χ3v) is 4.70. The van der Waals surface area contributed by atoms with Gasteiger partial charge in [0.05, 0.1) is 0 Å². The summed E-state index contributed by atoms with van der Waals surface area (Å²) in [5.41, 5.74) is 7.70. The number of anilines is 1. The number of piperidine rings is 1. The second-order valence-electron chi connectivity index (χ2n) is 5.99. The molecule has 1 aromatic rings. The molecule has 0 amide bonds. The third kappa shape index (κ3) is 2.97. The molecular weight excluding hydrogens is 264 g/mol. The number of para-hydroxylation sites is 1. The number of likely N-dealkylation sites (tertiary alicyclic amines) is 1. The first-order chi connectivity index (χ1) is 10.3. The number of hydrogen-bond donors (Lipinski definition) is 2. The molecular formula is C16H24N4O. The van der Waals surface area contributed by atoms with Crippen LogP contribution in [-0.4, -0.2) is 48.2 Å². The van der Waals surface area contributed by atoms with Crippen molar-refractivity contribution in [2.24, 2.45) is 10.9 Å². The number of nitrogens with zero attached hydrogens (tertiary/aromatic N) is 3. The fourth-order valence-electron chi connectivity index (χ4n) is 3.56. The van der Waals surface area contributed by atoms with Crippen molar-refractivity contribution < 1.29 is 5.21 Å². The Bertz CT molecular complexity index is 511. The van der Waals surface area contributed by atoms with Crippen molar-refractivity contribution in [2.75, 3.05) is 31.1 Å². The molecule has 2 saturated heterocycles. The SMILES string of the molecule is NC(=NO)c1ccccc1N1CCC(N2CCCCC2)C1. The maximum Gasteiger partial charge on any atom is 0.172 e. The summed E-state index contributed by atoms with van der Waals surface area (Å²) in [5, 5.41) is 12.1. The molecule has 5 heteroatoms. The van der Waals surface area contributed by atoms with Crippen molar-refractivity contribution >= 4 is 11.5 Å². The number of nitrogens with two attached hydrogens (primary N) is 1. The number of benzene rings is 1. The molecule has 3 rings (SSSR count). The molecule has 0 aliphatic carbocycles. The monoisotopic (exact) mass is 288 g/mol. The first-order valence-corrected chi connectivity index (χ1v) is 7.85. The highest BCUT2D eigenvalue weighted by Gasteiger charge is 2.29. The van der Waals surface area contributed by atoms with Gasteiger partial charge in [-0.2, -0.15) is 0 Å². The summed E-state index contributed by atoms with van der Waals surface area (Å²) in [6, 6.07) is 8.56. The lowest BCUT2D eigenvalue weighted by Gasteiger charge is -2.32. The Balaban J connectivity index is 1.74. The van der Waals surface area contributed by atoms with Crippen molar-refractivity contribution in [3.05, 3.63) is 29.8 Å². The second kappa shape index (κ2) is 6.35. The van der Waals surface area contributed by atoms with Crippen LogP contribution in [-0.2, 0) is 0 Å². The van der Waals surface area contributed by atoms with Gasteiger partial charge in [0.2, 0.25) is 0 Å². The highest BCUT2D eigenvalue weighted by atomic mass is 16.4. The molecule has 1 unspecified atom stereocenters. The summed E-state index contributed by atoms with van der Waals surface area (Å²) in [7, 11) is 0. The Kier molecular flexibility index (Phi) is 4.29. The predicted octanol–water partition coefficient (Wildman–Crippen LogP) is 1.85. The maximum atomic E-state index is 8.95. The minimum Gasteiger partial charge on any atom is -0.409 e. The molecule has 0 radical (unpaired) electrons. The summed E-state index contributed by atoms with van der Waals surface area (Å²) < 4.78 is 0. The summed E-state index contributed by atoms with van der Waals surface area (Å²) in [6.45, 7) is 4.55. The molecule has 114 valence electrons. The molecule has 2 fully saturated rings. The maximum absolute atomic E-state index is 8.95. The number of rotatable bonds is 3. The molecule has 2 heterocycles. The van der Waals surface area contributed by atoms with Gasteiger partial charge in [-0.15, -0.1) is 0 Å². The Morgan fingerprint density at radius 3 is 2.67 bits per heavy atom. The summed E-state index contributed by atoms with van der Waals surface area (Å²) >= 11 is 0. The molecule has 3 N–H and O–H groups in total. The highest BCUT2D eigenvalue weighted by molar-refractivity contribution is 6.02. The predicted molar refractivity (Wildman–Crippen MR) is 85.0 cm³/mol. The molecule has 2 aliphatic rings. The molecule has 1 atom stereocenters. The van der Waals surface area contributed by atoms with Gasteiger partial charge in [0, 0.05) is 30.4 Å². The molecule has 21 heavy (non-hydrogen) atoms. The van der Waals surface area contributed by atoms with Gasteiger partial charge in [-0.05, 0) is 44.5 Å². The molecule has 0 saturated carbocycles. The van der Waals surface area contributed by atoms with Gasteiger partial charge >= 0.3 is 0 Å². The Morgan fingerprint density at radius 2 is 1.90 bits per heavy atom. The van der Waals surface area contributed by atoms with Gasteiger partial charge < -0.3 is 15.8 Å². The normalized spacial score (nSPS) is 24.5. The zero-order valence-electron chi connectivity index (χ0n) is 12.4. The van der Waals surface area contributed by atoms with Crippen LogP contribution < -0.4 is 10.6 Å². The van der Waals surface area contributed by atoms with Gasteiger partial charge in [-0.3, -0.25) is 4.90 Å². The van der Waals surface area contributed by atoms with E-state index in [0.717, 1.165) is 24.3 Å². The molecule has 0 bridgehead atoms. The minimum absolute atomic E-state index is 0.187. The molecule has 0 spiro atoms. The van der Waals surface area contributed by atoms with E-state index in [0.29, 0.717) is 6.04 Å². The van der Waals surface area contributed by atoms with Crippen molar-refractivity contribution in [3.63, 3.8) is 0 Å². The lowest BCUT2D eigenvalue weighted by Crippen LogP contribution is -2.41. The van der Waals surface area contributed by atoms with Crippen molar-refractivity contribution in [3.8, 4) is 0 Å². The highest BCUT2D eigenvalue weighted by Crippen LogP contribution is 2.27. The Morgan fingerprint density at radius 1 is 1.14 bits per heavy atom. The average molecular weight is 288 g/mol. The van der Waals surface area contributed by atoms with Crippen molar-refractivity contribution in [1.29, 1.82) is 0 Å². The quantitative estimate of drug-likeness (QED) is 0.385. The van der Waals surface area contributed by atoms with E-state index in [1.54, 1.807) is 0 Å². The zero-order valence-corrected chi connectivity index (χ0v) is 12.4. The molecule has 2 aliphatic heterocycles. The largest absolute Gasteiger partial charge is 0.409 e. The molecule has 5 nitrogen and oxygen atoms in total. The minimum atomic E-state index is 0.187. The third-order valence-electron chi connectivity index (χ3n) is 4.70. The van der Waals surface area contributed by atoms with Crippen LogP contribution in [0.4, 0.5) is 5.69 Å². The fraction of sp³-hybridized carbons (Fsp3) is 0.562. The fourth-order valence-corrected chi connectivity index (χ4v) is 3.56. The van der Waals surface area contributed by atoms with Crippen molar-refractivity contribution in [1.82, 2.24) is 4.90 Å². The van der Waals surface area contributed by atoms with E-state index < -0.39 is 0 Å². The van der Waals surface area contributed by atoms with E-state index >= 15 is 0 Å². The van der Waals surface area contributed by atoms with Gasteiger partial charge in [-0.25, -0.2) is 0 Å². The van der Waals surface area contributed by atoms with Crippen LogP contribution in [0.5, 0.6) is 0 Å². The Labute approximate surface area is 126 Å². The van der Waals surface area contributed by atoms with Crippen LogP contribution in [0.25, 0.3) is 0 Å². The summed E-state index contributed by atoms with van der Waals surface area (Å²) in [5.74, 6) is 0.187. The number of oxime groups is 1. The first-order valence-electron chi connectivity index (χ1n) is 7.85. The van der Waals surface area contributed by atoms with Crippen LogP contribution >= 0.6 is 0 Å².